The molecule has 4 rings (SSSR count). The van der Waals surface area contributed by atoms with Crippen LogP contribution in [0.4, 0.5) is 4.39 Å². The summed E-state index contributed by atoms with van der Waals surface area (Å²) in [6.45, 7) is 2.98. The fraction of sp³-hybridized carbons (Fsp3) is 0.444. The van der Waals surface area contributed by atoms with Crippen LogP contribution in [0.15, 0.2) is 29.4 Å². The lowest BCUT2D eigenvalue weighted by molar-refractivity contribution is -0.123. The molecule has 1 saturated heterocycles. The van der Waals surface area contributed by atoms with Gasteiger partial charge in [-0.05, 0) is 50.6 Å². The second kappa shape index (κ2) is 7.05. The number of hydrogen-bond acceptors (Lipinski definition) is 6. The number of carbonyl (C=O) groups excluding carboxylic acids is 2. The molecule has 1 fully saturated rings. The van der Waals surface area contributed by atoms with E-state index in [-0.39, 0.29) is 29.6 Å². The van der Waals surface area contributed by atoms with E-state index < -0.39 is 5.25 Å². The normalized spacial score (nSPS) is 22.0. The molecule has 27 heavy (non-hydrogen) atoms. The molecule has 2 aromatic rings. The maximum atomic E-state index is 13.9. The highest BCUT2D eigenvalue weighted by Gasteiger charge is 2.43. The summed E-state index contributed by atoms with van der Waals surface area (Å²) in [6, 6.07) is 6.02. The molecule has 2 N–H and O–H groups in total. The van der Waals surface area contributed by atoms with Crippen LogP contribution in [0.3, 0.4) is 0 Å². The van der Waals surface area contributed by atoms with Crippen LogP contribution in [0.5, 0.6) is 0 Å². The number of aromatic nitrogens is 3. The van der Waals surface area contributed by atoms with Gasteiger partial charge in [-0.25, -0.2) is 9.37 Å². The maximum Gasteiger partial charge on any atom is 0.264 e. The zero-order chi connectivity index (χ0) is 19.1. The van der Waals surface area contributed by atoms with E-state index in [1.165, 1.54) is 28.6 Å². The maximum absolute atomic E-state index is 13.9. The first-order valence-corrected chi connectivity index (χ1v) is 9.75. The lowest BCUT2D eigenvalue weighted by Gasteiger charge is -2.38. The SMILES string of the molecule is Cc1nc2n(n1)C(=O)C(C(c1cccc(F)c1)N1CCC(C(N)=O)CC1)S2. The Labute approximate surface area is 160 Å². The Morgan fingerprint density at radius 1 is 1.37 bits per heavy atom. The second-order valence-electron chi connectivity index (χ2n) is 6.94. The van der Waals surface area contributed by atoms with Crippen molar-refractivity contribution >= 4 is 23.6 Å². The molecule has 2 aliphatic rings. The van der Waals surface area contributed by atoms with Crippen LogP contribution in [0.25, 0.3) is 0 Å². The molecule has 7 nitrogen and oxygen atoms in total. The predicted octanol–water partition coefficient (Wildman–Crippen LogP) is 1.78. The van der Waals surface area contributed by atoms with E-state index in [0.717, 1.165) is 5.56 Å². The minimum Gasteiger partial charge on any atom is -0.369 e. The molecule has 3 heterocycles. The number of aryl methyl sites for hydroxylation is 1. The van der Waals surface area contributed by atoms with Gasteiger partial charge in [0.2, 0.25) is 5.91 Å². The van der Waals surface area contributed by atoms with Crippen molar-refractivity contribution in [3.63, 3.8) is 0 Å². The van der Waals surface area contributed by atoms with Gasteiger partial charge in [0.25, 0.3) is 5.91 Å². The number of piperidine rings is 1. The standard InChI is InChI=1S/C18H20FN5O2S/c1-10-21-18-24(22-10)17(26)15(27-18)14(12-3-2-4-13(19)9-12)23-7-5-11(6-8-23)16(20)25/h2-4,9,11,14-15H,5-8H2,1H3,(H2,20,25). The van der Waals surface area contributed by atoms with E-state index in [0.29, 0.717) is 36.9 Å². The highest BCUT2D eigenvalue weighted by atomic mass is 32.2. The van der Waals surface area contributed by atoms with Crippen LogP contribution >= 0.6 is 11.8 Å². The van der Waals surface area contributed by atoms with Crippen LogP contribution in [0.1, 0.15) is 35.1 Å². The van der Waals surface area contributed by atoms with Crippen molar-refractivity contribution in [2.75, 3.05) is 13.1 Å². The number of likely N-dealkylation sites (tertiary alicyclic amines) is 1. The number of nitrogens with zero attached hydrogens (tertiary/aromatic N) is 4. The van der Waals surface area contributed by atoms with Crippen LogP contribution in [0, 0.1) is 18.7 Å². The van der Waals surface area contributed by atoms with Gasteiger partial charge in [0.15, 0.2) is 5.16 Å². The summed E-state index contributed by atoms with van der Waals surface area (Å²) >= 11 is 1.36. The largest absolute Gasteiger partial charge is 0.369 e. The zero-order valence-electron chi connectivity index (χ0n) is 14.8. The number of primary amides is 1. The molecule has 0 spiro atoms. The van der Waals surface area contributed by atoms with Gasteiger partial charge in [-0.1, -0.05) is 23.9 Å². The predicted molar refractivity (Wildman–Crippen MR) is 97.7 cm³/mol. The van der Waals surface area contributed by atoms with Gasteiger partial charge in [-0.2, -0.15) is 4.68 Å². The molecule has 0 radical (unpaired) electrons. The van der Waals surface area contributed by atoms with Crippen molar-refractivity contribution in [2.24, 2.45) is 11.7 Å². The molecule has 1 aromatic heterocycles. The third kappa shape index (κ3) is 3.37. The fourth-order valence-corrected chi connectivity index (χ4v) is 5.13. The molecule has 142 valence electrons. The van der Waals surface area contributed by atoms with Crippen molar-refractivity contribution in [3.8, 4) is 0 Å². The summed E-state index contributed by atoms with van der Waals surface area (Å²) < 4.78 is 15.2. The van der Waals surface area contributed by atoms with Crippen molar-refractivity contribution < 1.29 is 14.0 Å². The fourth-order valence-electron chi connectivity index (χ4n) is 3.83. The van der Waals surface area contributed by atoms with E-state index in [9.17, 15) is 14.0 Å². The topological polar surface area (TPSA) is 94.1 Å². The molecule has 9 heteroatoms. The van der Waals surface area contributed by atoms with Gasteiger partial charge in [-0.3, -0.25) is 14.5 Å². The third-order valence-electron chi connectivity index (χ3n) is 5.17. The van der Waals surface area contributed by atoms with Gasteiger partial charge in [0.05, 0.1) is 6.04 Å². The van der Waals surface area contributed by atoms with E-state index in [1.807, 2.05) is 6.07 Å². The van der Waals surface area contributed by atoms with Crippen LogP contribution in [-0.2, 0) is 4.79 Å². The monoisotopic (exact) mass is 389 g/mol. The molecule has 0 saturated carbocycles. The van der Waals surface area contributed by atoms with Crippen molar-refractivity contribution in [2.45, 2.75) is 36.2 Å². The highest BCUT2D eigenvalue weighted by Crippen LogP contribution is 2.42. The zero-order valence-corrected chi connectivity index (χ0v) is 15.7. The van der Waals surface area contributed by atoms with E-state index in [4.69, 9.17) is 5.73 Å². The van der Waals surface area contributed by atoms with Crippen molar-refractivity contribution in [3.05, 3.63) is 41.5 Å². The number of carbonyl (C=O) groups is 2. The Morgan fingerprint density at radius 2 is 2.11 bits per heavy atom. The average molecular weight is 389 g/mol. The molecule has 2 atom stereocenters. The number of nitrogens with two attached hydrogens (primary N) is 1. The van der Waals surface area contributed by atoms with Crippen LogP contribution in [0.2, 0.25) is 0 Å². The minimum atomic E-state index is -0.465. The summed E-state index contributed by atoms with van der Waals surface area (Å²) in [5.41, 5.74) is 6.17. The number of amides is 1. The van der Waals surface area contributed by atoms with E-state index in [2.05, 4.69) is 15.0 Å². The van der Waals surface area contributed by atoms with Crippen LogP contribution < -0.4 is 5.73 Å². The quantitative estimate of drug-likeness (QED) is 0.857. The molecular formula is C18H20FN5O2S. The summed E-state index contributed by atoms with van der Waals surface area (Å²) in [5, 5.41) is 4.28. The Morgan fingerprint density at radius 3 is 2.74 bits per heavy atom. The van der Waals surface area contributed by atoms with Gasteiger partial charge < -0.3 is 5.73 Å². The molecule has 2 unspecified atom stereocenters. The van der Waals surface area contributed by atoms with Gasteiger partial charge in [0.1, 0.15) is 16.9 Å². The minimum absolute atomic E-state index is 0.151. The first-order valence-electron chi connectivity index (χ1n) is 8.87. The van der Waals surface area contributed by atoms with Gasteiger partial charge >= 0.3 is 0 Å². The summed E-state index contributed by atoms with van der Waals surface area (Å²) in [4.78, 5) is 30.9. The molecule has 0 bridgehead atoms. The number of halogens is 1. The molecular weight excluding hydrogens is 369 g/mol. The van der Waals surface area contributed by atoms with Crippen molar-refractivity contribution in [1.82, 2.24) is 19.7 Å². The second-order valence-corrected chi connectivity index (χ2v) is 8.05. The van der Waals surface area contributed by atoms with E-state index >= 15 is 0 Å². The van der Waals surface area contributed by atoms with E-state index in [1.54, 1.807) is 13.0 Å². The Balaban J connectivity index is 1.65. The van der Waals surface area contributed by atoms with Gasteiger partial charge in [-0.15, -0.1) is 5.10 Å². The lowest BCUT2D eigenvalue weighted by Crippen LogP contribution is -2.45. The number of fused-ring (bicyclic) bond motifs is 1. The highest BCUT2D eigenvalue weighted by molar-refractivity contribution is 8.00. The van der Waals surface area contributed by atoms with Crippen LogP contribution in [-0.4, -0.2) is 49.8 Å². The summed E-state index contributed by atoms with van der Waals surface area (Å²) in [7, 11) is 0. The number of rotatable bonds is 4. The average Bonchev–Trinajstić information content (AvgIpc) is 3.14. The smallest absolute Gasteiger partial charge is 0.264 e. The first kappa shape index (κ1) is 18.1. The first-order chi connectivity index (χ1) is 12.9. The molecule has 1 amide bonds. The number of thioether (sulfide) groups is 1. The van der Waals surface area contributed by atoms with Crippen molar-refractivity contribution in [1.29, 1.82) is 0 Å². The van der Waals surface area contributed by atoms with Gasteiger partial charge in [0, 0.05) is 5.92 Å². The molecule has 1 aromatic carbocycles. The Hall–Kier alpha value is -2.26. The Bertz CT molecular complexity index is 894. The molecule has 2 aliphatic heterocycles. The lowest BCUT2D eigenvalue weighted by atomic mass is 9.92. The molecule has 0 aliphatic carbocycles. The Kier molecular flexibility index (Phi) is 4.73. The number of benzene rings is 1. The number of hydrogen-bond donors (Lipinski definition) is 1. The summed E-state index contributed by atoms with van der Waals surface area (Å²) in [6.07, 6.45) is 1.27. The third-order valence-corrected chi connectivity index (χ3v) is 6.36. The summed E-state index contributed by atoms with van der Waals surface area (Å²) in [5.74, 6) is -0.383.